The van der Waals surface area contributed by atoms with E-state index in [1.165, 1.54) is 4.80 Å². The highest BCUT2D eigenvalue weighted by Crippen LogP contribution is 2.18. The van der Waals surface area contributed by atoms with E-state index in [2.05, 4.69) is 15.5 Å². The molecule has 1 aromatic carbocycles. The van der Waals surface area contributed by atoms with Gasteiger partial charge in [-0.05, 0) is 42.3 Å². The molecule has 0 bridgehead atoms. The van der Waals surface area contributed by atoms with Gasteiger partial charge in [-0.15, -0.1) is 11.3 Å². The fourth-order valence-corrected chi connectivity index (χ4v) is 4.17. The molecule has 0 unspecified atom stereocenters. The van der Waals surface area contributed by atoms with E-state index < -0.39 is 0 Å². The predicted octanol–water partition coefficient (Wildman–Crippen LogP) is 2.09. The number of piperidine rings is 1. The van der Waals surface area contributed by atoms with Crippen LogP contribution >= 0.6 is 11.3 Å². The number of carbonyl (C=O) groups excluding carboxylic acids is 2. The minimum atomic E-state index is -0.0866. The Morgan fingerprint density at radius 2 is 1.79 bits per heavy atom. The Morgan fingerprint density at radius 1 is 1.07 bits per heavy atom. The lowest BCUT2D eigenvalue weighted by Crippen LogP contribution is -2.42. The number of nitrogens with one attached hydrogen (secondary N) is 1. The number of carbonyl (C=O) groups is 2. The predicted molar refractivity (Wildman–Crippen MR) is 108 cm³/mol. The number of amides is 2. The molecule has 1 aliphatic heterocycles. The molecule has 8 heteroatoms. The zero-order chi connectivity index (χ0) is 19.3. The third-order valence-corrected chi connectivity index (χ3v) is 5.95. The maximum atomic E-state index is 12.4. The van der Waals surface area contributed by atoms with Crippen molar-refractivity contribution < 1.29 is 9.59 Å². The normalized spacial score (nSPS) is 15.1. The van der Waals surface area contributed by atoms with E-state index in [9.17, 15) is 9.59 Å². The summed E-state index contributed by atoms with van der Waals surface area (Å²) in [6, 6.07) is 11.5. The molecular weight excluding hydrogens is 374 g/mol. The third kappa shape index (κ3) is 4.56. The summed E-state index contributed by atoms with van der Waals surface area (Å²) in [6.07, 6.45) is 2.32. The summed E-state index contributed by atoms with van der Waals surface area (Å²) in [6.45, 7) is 2.27. The van der Waals surface area contributed by atoms with Gasteiger partial charge in [-0.25, -0.2) is 0 Å². The van der Waals surface area contributed by atoms with Gasteiger partial charge in [0.1, 0.15) is 17.6 Å². The summed E-state index contributed by atoms with van der Waals surface area (Å²) in [5.74, 6) is 0.512. The molecule has 2 amide bonds. The smallest absolute Gasteiger partial charge is 0.243 e. The van der Waals surface area contributed by atoms with E-state index in [1.54, 1.807) is 11.3 Å². The Balaban J connectivity index is 1.19. The highest BCUT2D eigenvalue weighted by atomic mass is 32.1. The van der Waals surface area contributed by atoms with Gasteiger partial charge in [0.15, 0.2) is 0 Å². The van der Waals surface area contributed by atoms with Crippen molar-refractivity contribution in [2.75, 3.05) is 19.6 Å². The van der Waals surface area contributed by atoms with Gasteiger partial charge in [-0.3, -0.25) is 9.59 Å². The van der Waals surface area contributed by atoms with Gasteiger partial charge in [-0.2, -0.15) is 15.0 Å². The lowest BCUT2D eigenvalue weighted by Gasteiger charge is -2.32. The highest BCUT2D eigenvalue weighted by molar-refractivity contribution is 7.10. The Bertz CT molecular complexity index is 912. The molecule has 0 radical (unpaired) electrons. The molecule has 0 saturated carbocycles. The Hall–Kier alpha value is -2.74. The van der Waals surface area contributed by atoms with E-state index in [-0.39, 0.29) is 18.4 Å². The first-order chi connectivity index (χ1) is 13.7. The van der Waals surface area contributed by atoms with Gasteiger partial charge in [0, 0.05) is 24.5 Å². The van der Waals surface area contributed by atoms with Crippen LogP contribution in [-0.2, 0) is 22.6 Å². The highest BCUT2D eigenvalue weighted by Gasteiger charge is 2.23. The van der Waals surface area contributed by atoms with Crippen molar-refractivity contribution in [2.24, 2.45) is 5.92 Å². The topological polar surface area (TPSA) is 80.1 Å². The molecule has 0 spiro atoms. The van der Waals surface area contributed by atoms with Gasteiger partial charge in [0.2, 0.25) is 11.8 Å². The first-order valence-electron chi connectivity index (χ1n) is 9.54. The number of hydrogen-bond acceptors (Lipinski definition) is 5. The fourth-order valence-electron chi connectivity index (χ4n) is 3.48. The summed E-state index contributed by atoms with van der Waals surface area (Å²) in [4.78, 5) is 29.1. The van der Waals surface area contributed by atoms with Crippen LogP contribution in [0, 0.1) is 5.92 Å². The Labute approximate surface area is 167 Å². The molecule has 4 rings (SSSR count). The summed E-state index contributed by atoms with van der Waals surface area (Å²) < 4.78 is 0. The van der Waals surface area contributed by atoms with E-state index in [0.717, 1.165) is 41.8 Å². The molecule has 0 aliphatic carbocycles. The van der Waals surface area contributed by atoms with E-state index in [4.69, 9.17) is 0 Å². The molecule has 1 fully saturated rings. The maximum absolute atomic E-state index is 12.4. The molecule has 1 aliphatic rings. The lowest BCUT2D eigenvalue weighted by atomic mass is 9.96. The summed E-state index contributed by atoms with van der Waals surface area (Å²) >= 11 is 1.62. The number of fused-ring (bicyclic) bond motifs is 1. The van der Waals surface area contributed by atoms with E-state index in [0.29, 0.717) is 18.9 Å². The van der Waals surface area contributed by atoms with Crippen molar-refractivity contribution in [3.05, 3.63) is 46.7 Å². The molecule has 146 valence electrons. The van der Waals surface area contributed by atoms with E-state index in [1.807, 2.05) is 46.7 Å². The zero-order valence-electron chi connectivity index (χ0n) is 15.6. The summed E-state index contributed by atoms with van der Waals surface area (Å²) in [7, 11) is 0. The van der Waals surface area contributed by atoms with Crippen LogP contribution in [0.3, 0.4) is 0 Å². The molecule has 1 saturated heterocycles. The van der Waals surface area contributed by atoms with Crippen LogP contribution in [0.2, 0.25) is 0 Å². The minimum Gasteiger partial charge on any atom is -0.354 e. The van der Waals surface area contributed by atoms with Gasteiger partial charge in [-0.1, -0.05) is 18.2 Å². The minimum absolute atomic E-state index is 0.0866. The molecule has 0 atom stereocenters. The van der Waals surface area contributed by atoms with Crippen LogP contribution in [-0.4, -0.2) is 51.3 Å². The monoisotopic (exact) mass is 397 g/mol. The molecule has 2 aromatic heterocycles. The zero-order valence-corrected chi connectivity index (χ0v) is 16.4. The van der Waals surface area contributed by atoms with Crippen molar-refractivity contribution >= 4 is 34.2 Å². The van der Waals surface area contributed by atoms with Crippen LogP contribution in [0.4, 0.5) is 0 Å². The standard InChI is InChI=1S/C20H23N5O2S/c26-19(14-25-22-17-5-1-2-6-18(17)23-25)21-13-15-7-9-24(10-8-15)20(27)12-16-4-3-11-28-16/h1-6,11,15H,7-10,12-14H2,(H,21,26). The number of aromatic nitrogens is 3. The van der Waals surface area contributed by atoms with Crippen LogP contribution in [0.1, 0.15) is 17.7 Å². The van der Waals surface area contributed by atoms with Gasteiger partial charge in [0.05, 0.1) is 6.42 Å². The number of rotatable bonds is 6. The summed E-state index contributed by atoms with van der Waals surface area (Å²) in [5, 5.41) is 13.6. The van der Waals surface area contributed by atoms with E-state index >= 15 is 0 Å². The maximum Gasteiger partial charge on any atom is 0.243 e. The average molecular weight is 398 g/mol. The Kier molecular flexibility index (Phi) is 5.66. The second kappa shape index (κ2) is 8.52. The molecular formula is C20H23N5O2S. The van der Waals surface area contributed by atoms with Crippen molar-refractivity contribution in [1.82, 2.24) is 25.2 Å². The summed E-state index contributed by atoms with van der Waals surface area (Å²) in [5.41, 5.74) is 1.57. The lowest BCUT2D eigenvalue weighted by molar-refractivity contribution is -0.132. The van der Waals surface area contributed by atoms with Crippen LogP contribution < -0.4 is 5.32 Å². The Morgan fingerprint density at radius 3 is 2.43 bits per heavy atom. The largest absolute Gasteiger partial charge is 0.354 e. The number of hydrogen-bond donors (Lipinski definition) is 1. The van der Waals surface area contributed by atoms with Crippen molar-refractivity contribution in [2.45, 2.75) is 25.8 Å². The number of likely N-dealkylation sites (tertiary alicyclic amines) is 1. The number of nitrogens with zero attached hydrogens (tertiary/aromatic N) is 4. The molecule has 1 N–H and O–H groups in total. The quantitative estimate of drug-likeness (QED) is 0.691. The van der Waals surface area contributed by atoms with Gasteiger partial charge < -0.3 is 10.2 Å². The first-order valence-corrected chi connectivity index (χ1v) is 10.4. The fraction of sp³-hybridized carbons (Fsp3) is 0.400. The van der Waals surface area contributed by atoms with Crippen LogP contribution in [0.5, 0.6) is 0 Å². The van der Waals surface area contributed by atoms with Gasteiger partial charge in [0.25, 0.3) is 0 Å². The second-order valence-corrected chi connectivity index (χ2v) is 8.14. The van der Waals surface area contributed by atoms with Gasteiger partial charge >= 0.3 is 0 Å². The first kappa shape index (κ1) is 18.6. The van der Waals surface area contributed by atoms with Crippen LogP contribution in [0.25, 0.3) is 11.0 Å². The average Bonchev–Trinajstić information content (AvgIpc) is 3.35. The third-order valence-electron chi connectivity index (χ3n) is 5.07. The number of benzene rings is 1. The second-order valence-electron chi connectivity index (χ2n) is 7.10. The number of thiophene rings is 1. The van der Waals surface area contributed by atoms with Crippen molar-refractivity contribution in [3.63, 3.8) is 0 Å². The molecule has 7 nitrogen and oxygen atoms in total. The molecule has 3 aromatic rings. The van der Waals surface area contributed by atoms with Crippen molar-refractivity contribution in [1.29, 1.82) is 0 Å². The van der Waals surface area contributed by atoms with Crippen LogP contribution in [0.15, 0.2) is 41.8 Å². The molecule has 28 heavy (non-hydrogen) atoms. The van der Waals surface area contributed by atoms with Crippen molar-refractivity contribution in [3.8, 4) is 0 Å². The SMILES string of the molecule is O=C(Cn1nc2ccccc2n1)NCC1CCN(C(=O)Cc2cccs2)CC1. The molecule has 3 heterocycles.